The van der Waals surface area contributed by atoms with Crippen LogP contribution >= 0.6 is 11.8 Å². The summed E-state index contributed by atoms with van der Waals surface area (Å²) in [5, 5.41) is 5.53. The number of likely N-dealkylation sites (tertiary alicyclic amines) is 1. The first-order valence-electron chi connectivity index (χ1n) is 11.2. The van der Waals surface area contributed by atoms with E-state index >= 15 is 0 Å². The van der Waals surface area contributed by atoms with Gasteiger partial charge in [-0.15, -0.1) is 0 Å². The molecule has 166 valence electrons. The summed E-state index contributed by atoms with van der Waals surface area (Å²) in [7, 11) is 0. The standard InChI is InChI=1S/C25H28FN5S/c26-23-4-1-19(2-5-23)15-32-16-21-7-9-30(13-21)10-8-22-12-28-25-6-3-20(11-24(22)25)14-31-18-27-17-29-31/h1-6,11-12,17-18,21,28H,7-10,13-16H2/t21-/m1/s1. The minimum Gasteiger partial charge on any atom is -0.361 e. The Balaban J connectivity index is 1.11. The van der Waals surface area contributed by atoms with Crippen molar-refractivity contribution >= 4 is 22.7 Å². The van der Waals surface area contributed by atoms with Gasteiger partial charge in [-0.2, -0.15) is 16.9 Å². The van der Waals surface area contributed by atoms with Crippen LogP contribution in [0.4, 0.5) is 4.39 Å². The summed E-state index contributed by atoms with van der Waals surface area (Å²) < 4.78 is 14.9. The Labute approximate surface area is 192 Å². The monoisotopic (exact) mass is 449 g/mol. The summed E-state index contributed by atoms with van der Waals surface area (Å²) in [5.74, 6) is 2.72. The van der Waals surface area contributed by atoms with E-state index in [9.17, 15) is 4.39 Å². The molecule has 0 saturated carbocycles. The zero-order valence-electron chi connectivity index (χ0n) is 18.1. The van der Waals surface area contributed by atoms with E-state index in [4.69, 9.17) is 0 Å². The van der Waals surface area contributed by atoms with Gasteiger partial charge in [0.25, 0.3) is 0 Å². The smallest absolute Gasteiger partial charge is 0.137 e. The molecule has 1 aliphatic rings. The molecule has 5 rings (SSSR count). The van der Waals surface area contributed by atoms with Crippen LogP contribution in [-0.4, -0.2) is 50.0 Å². The number of hydrogen-bond acceptors (Lipinski definition) is 4. The van der Waals surface area contributed by atoms with E-state index in [1.54, 1.807) is 24.8 Å². The quantitative estimate of drug-likeness (QED) is 0.401. The van der Waals surface area contributed by atoms with Crippen molar-refractivity contribution in [2.45, 2.75) is 25.1 Å². The highest BCUT2D eigenvalue weighted by Crippen LogP contribution is 2.25. The molecular weight excluding hydrogens is 421 g/mol. The van der Waals surface area contributed by atoms with Crippen LogP contribution in [0.25, 0.3) is 10.9 Å². The van der Waals surface area contributed by atoms with Gasteiger partial charge < -0.3 is 9.88 Å². The number of halogens is 1. The summed E-state index contributed by atoms with van der Waals surface area (Å²) in [4.78, 5) is 10.1. The van der Waals surface area contributed by atoms with E-state index < -0.39 is 0 Å². The number of fused-ring (bicyclic) bond motifs is 1. The number of H-pyrrole nitrogens is 1. The van der Waals surface area contributed by atoms with Gasteiger partial charge in [-0.25, -0.2) is 14.1 Å². The summed E-state index contributed by atoms with van der Waals surface area (Å²) in [6, 6.07) is 13.5. The van der Waals surface area contributed by atoms with E-state index in [-0.39, 0.29) is 5.82 Å². The highest BCUT2D eigenvalue weighted by atomic mass is 32.2. The molecule has 0 unspecified atom stereocenters. The first-order valence-corrected chi connectivity index (χ1v) is 12.3. The zero-order chi connectivity index (χ0) is 21.8. The van der Waals surface area contributed by atoms with E-state index in [0.29, 0.717) is 0 Å². The zero-order valence-corrected chi connectivity index (χ0v) is 18.9. The minimum absolute atomic E-state index is 0.160. The fourth-order valence-electron chi connectivity index (χ4n) is 4.49. The van der Waals surface area contributed by atoms with Crippen molar-refractivity contribution in [2.75, 3.05) is 25.4 Å². The molecule has 3 heterocycles. The second kappa shape index (κ2) is 9.88. The number of hydrogen-bond donors (Lipinski definition) is 1. The number of nitrogens with one attached hydrogen (secondary N) is 1. The lowest BCUT2D eigenvalue weighted by atomic mass is 10.1. The molecule has 1 atom stereocenters. The molecule has 0 bridgehead atoms. The Morgan fingerprint density at radius 1 is 1.12 bits per heavy atom. The maximum Gasteiger partial charge on any atom is 0.137 e. The Hall–Kier alpha value is -2.64. The van der Waals surface area contributed by atoms with Crippen LogP contribution in [0.3, 0.4) is 0 Å². The van der Waals surface area contributed by atoms with Crippen LogP contribution in [0, 0.1) is 11.7 Å². The third kappa shape index (κ3) is 5.22. The van der Waals surface area contributed by atoms with E-state index in [1.165, 1.54) is 52.9 Å². The molecule has 0 spiro atoms. The second-order valence-electron chi connectivity index (χ2n) is 8.63. The largest absolute Gasteiger partial charge is 0.361 e. The predicted octanol–water partition coefficient (Wildman–Crippen LogP) is 4.74. The first kappa shape index (κ1) is 21.2. The van der Waals surface area contributed by atoms with Gasteiger partial charge in [0.15, 0.2) is 0 Å². The molecule has 0 amide bonds. The van der Waals surface area contributed by atoms with Crippen LogP contribution in [0.1, 0.15) is 23.1 Å². The van der Waals surface area contributed by atoms with Crippen molar-refractivity contribution in [2.24, 2.45) is 5.92 Å². The fraction of sp³-hybridized carbons (Fsp3) is 0.360. The predicted molar refractivity (Wildman–Crippen MR) is 128 cm³/mol. The average Bonchev–Trinajstić information content (AvgIpc) is 3.55. The van der Waals surface area contributed by atoms with Crippen LogP contribution < -0.4 is 0 Å². The minimum atomic E-state index is -0.160. The van der Waals surface area contributed by atoms with Crippen molar-refractivity contribution in [3.05, 3.63) is 83.8 Å². The van der Waals surface area contributed by atoms with E-state index in [1.807, 2.05) is 28.6 Å². The Kier molecular flexibility index (Phi) is 6.55. The normalized spacial score (nSPS) is 16.8. The van der Waals surface area contributed by atoms with Crippen LogP contribution in [0.2, 0.25) is 0 Å². The summed E-state index contributed by atoms with van der Waals surface area (Å²) in [6.45, 7) is 4.20. The topological polar surface area (TPSA) is 49.7 Å². The molecule has 7 heteroatoms. The van der Waals surface area contributed by atoms with Gasteiger partial charge in [0.2, 0.25) is 0 Å². The Morgan fingerprint density at radius 2 is 2.00 bits per heavy atom. The highest BCUT2D eigenvalue weighted by molar-refractivity contribution is 7.98. The SMILES string of the molecule is Fc1ccc(CSC[C@@H]2CCN(CCc3c[nH]c4ccc(Cn5cncn5)cc34)C2)cc1. The maximum absolute atomic E-state index is 13.0. The van der Waals surface area contributed by atoms with E-state index in [2.05, 4.69) is 44.4 Å². The van der Waals surface area contributed by atoms with Crippen molar-refractivity contribution in [1.29, 1.82) is 0 Å². The first-order chi connectivity index (χ1) is 15.7. The van der Waals surface area contributed by atoms with Gasteiger partial charge in [-0.05, 0) is 72.0 Å². The third-order valence-electron chi connectivity index (χ3n) is 6.25. The molecule has 1 saturated heterocycles. The maximum atomic E-state index is 13.0. The Bertz CT molecular complexity index is 1140. The number of benzene rings is 2. The van der Waals surface area contributed by atoms with Crippen molar-refractivity contribution in [3.8, 4) is 0 Å². The molecule has 1 N–H and O–H groups in total. The van der Waals surface area contributed by atoms with Gasteiger partial charge in [-0.1, -0.05) is 18.2 Å². The van der Waals surface area contributed by atoms with Gasteiger partial charge in [-0.3, -0.25) is 0 Å². The summed E-state index contributed by atoms with van der Waals surface area (Å²) in [5.41, 5.74) is 5.02. The fourth-order valence-corrected chi connectivity index (χ4v) is 5.64. The van der Waals surface area contributed by atoms with Crippen LogP contribution in [0.5, 0.6) is 0 Å². The third-order valence-corrected chi connectivity index (χ3v) is 7.49. The van der Waals surface area contributed by atoms with Crippen LogP contribution in [-0.2, 0) is 18.7 Å². The molecule has 0 radical (unpaired) electrons. The molecule has 0 aliphatic carbocycles. The number of nitrogens with zero attached hydrogens (tertiary/aromatic N) is 4. The number of rotatable bonds is 9. The number of aromatic nitrogens is 4. The molecule has 5 nitrogen and oxygen atoms in total. The molecule has 2 aromatic heterocycles. The Morgan fingerprint density at radius 3 is 2.84 bits per heavy atom. The molecule has 2 aromatic carbocycles. The lowest BCUT2D eigenvalue weighted by Crippen LogP contribution is -2.23. The lowest BCUT2D eigenvalue weighted by molar-refractivity contribution is 0.333. The lowest BCUT2D eigenvalue weighted by Gasteiger charge is -2.16. The molecule has 1 aliphatic heterocycles. The van der Waals surface area contributed by atoms with E-state index in [0.717, 1.165) is 31.2 Å². The van der Waals surface area contributed by atoms with Crippen molar-refractivity contribution in [3.63, 3.8) is 0 Å². The van der Waals surface area contributed by atoms with Gasteiger partial charge in [0.1, 0.15) is 18.5 Å². The molecule has 32 heavy (non-hydrogen) atoms. The van der Waals surface area contributed by atoms with Crippen LogP contribution in [0.15, 0.2) is 61.3 Å². The number of aromatic amines is 1. The number of thioether (sulfide) groups is 1. The summed E-state index contributed by atoms with van der Waals surface area (Å²) in [6.07, 6.45) is 7.82. The van der Waals surface area contributed by atoms with Crippen molar-refractivity contribution < 1.29 is 4.39 Å². The summed E-state index contributed by atoms with van der Waals surface area (Å²) >= 11 is 1.97. The second-order valence-corrected chi connectivity index (χ2v) is 9.66. The molecule has 1 fully saturated rings. The highest BCUT2D eigenvalue weighted by Gasteiger charge is 2.22. The average molecular weight is 450 g/mol. The molecular formula is C25H28FN5S. The van der Waals surface area contributed by atoms with Gasteiger partial charge in [0.05, 0.1) is 6.54 Å². The molecule has 4 aromatic rings. The van der Waals surface area contributed by atoms with Crippen molar-refractivity contribution in [1.82, 2.24) is 24.6 Å². The van der Waals surface area contributed by atoms with Gasteiger partial charge >= 0.3 is 0 Å². The van der Waals surface area contributed by atoms with Gasteiger partial charge in [0, 0.05) is 35.9 Å².